The van der Waals surface area contributed by atoms with Gasteiger partial charge in [0.1, 0.15) is 0 Å². The van der Waals surface area contributed by atoms with Crippen molar-refractivity contribution < 1.29 is 0 Å². The zero-order chi connectivity index (χ0) is 13.8. The molecule has 2 rings (SSSR count). The maximum absolute atomic E-state index is 3.70. The van der Waals surface area contributed by atoms with Crippen LogP contribution >= 0.6 is 0 Å². The molecule has 104 valence electrons. The quantitative estimate of drug-likeness (QED) is 0.767. The minimum absolute atomic E-state index is 0.422. The Balaban J connectivity index is 2.41. The van der Waals surface area contributed by atoms with Crippen LogP contribution in [0.3, 0.4) is 0 Å². The van der Waals surface area contributed by atoms with Crippen LogP contribution < -0.4 is 5.32 Å². The van der Waals surface area contributed by atoms with Crippen LogP contribution in [0.1, 0.15) is 60.9 Å². The van der Waals surface area contributed by atoms with Gasteiger partial charge in [0.25, 0.3) is 0 Å². The van der Waals surface area contributed by atoms with Crippen molar-refractivity contribution in [2.75, 3.05) is 6.54 Å². The molecule has 0 saturated carbocycles. The van der Waals surface area contributed by atoms with Gasteiger partial charge in [-0.25, -0.2) is 0 Å². The summed E-state index contributed by atoms with van der Waals surface area (Å²) in [5, 5.41) is 3.70. The highest BCUT2D eigenvalue weighted by molar-refractivity contribution is 5.43. The molecule has 0 heterocycles. The standard InChI is InChI=1S/C18H27N/c1-5-19-18(16-9-7-6-8-10-16)17-14(3)11-13(2)12-15(17)4/h9,11-12,18-19H,5-8,10H2,1-4H3. The predicted octanol–water partition coefficient (Wildman–Crippen LogP) is 4.76. The monoisotopic (exact) mass is 257 g/mol. The fourth-order valence-corrected chi connectivity index (χ4v) is 3.39. The van der Waals surface area contributed by atoms with Gasteiger partial charge in [0.2, 0.25) is 0 Å². The number of aryl methyl sites for hydroxylation is 3. The third-order valence-corrected chi connectivity index (χ3v) is 4.13. The minimum Gasteiger partial charge on any atom is -0.307 e. The molecule has 1 heteroatoms. The molecule has 1 aliphatic rings. The van der Waals surface area contributed by atoms with E-state index >= 15 is 0 Å². The summed E-state index contributed by atoms with van der Waals surface area (Å²) < 4.78 is 0. The van der Waals surface area contributed by atoms with Gasteiger partial charge in [0, 0.05) is 0 Å². The zero-order valence-corrected chi connectivity index (χ0v) is 12.8. The lowest BCUT2D eigenvalue weighted by atomic mass is 9.85. The van der Waals surface area contributed by atoms with Crippen LogP contribution in [-0.4, -0.2) is 6.54 Å². The molecule has 1 N–H and O–H groups in total. The lowest BCUT2D eigenvalue weighted by Gasteiger charge is -2.27. The molecule has 0 aromatic heterocycles. The van der Waals surface area contributed by atoms with E-state index in [-0.39, 0.29) is 0 Å². The molecule has 0 fully saturated rings. The van der Waals surface area contributed by atoms with E-state index in [1.165, 1.54) is 47.9 Å². The molecule has 1 aromatic rings. The van der Waals surface area contributed by atoms with Crippen molar-refractivity contribution in [3.05, 3.63) is 46.0 Å². The van der Waals surface area contributed by atoms with E-state index in [4.69, 9.17) is 0 Å². The molecule has 0 amide bonds. The van der Waals surface area contributed by atoms with Crippen LogP contribution in [0, 0.1) is 20.8 Å². The maximum Gasteiger partial charge on any atom is 0.0541 e. The second-order valence-electron chi connectivity index (χ2n) is 5.83. The molecule has 0 bridgehead atoms. The van der Waals surface area contributed by atoms with Crippen LogP contribution in [-0.2, 0) is 0 Å². The van der Waals surface area contributed by atoms with Crippen molar-refractivity contribution >= 4 is 0 Å². The van der Waals surface area contributed by atoms with Gasteiger partial charge in [-0.1, -0.05) is 36.3 Å². The molecular formula is C18H27N. The second kappa shape index (κ2) is 6.38. The molecule has 0 aliphatic heterocycles. The molecule has 19 heavy (non-hydrogen) atoms. The molecule has 1 unspecified atom stereocenters. The Hall–Kier alpha value is -1.08. The summed E-state index contributed by atoms with van der Waals surface area (Å²) >= 11 is 0. The van der Waals surface area contributed by atoms with Crippen molar-refractivity contribution in [1.29, 1.82) is 0 Å². The van der Waals surface area contributed by atoms with Gasteiger partial charge in [-0.2, -0.15) is 0 Å². The summed E-state index contributed by atoms with van der Waals surface area (Å²) in [6, 6.07) is 5.05. The fraction of sp³-hybridized carbons (Fsp3) is 0.556. The van der Waals surface area contributed by atoms with E-state index in [1.807, 2.05) is 0 Å². The lowest BCUT2D eigenvalue weighted by molar-refractivity contribution is 0.560. The zero-order valence-electron chi connectivity index (χ0n) is 12.8. The Morgan fingerprint density at radius 3 is 2.32 bits per heavy atom. The number of allylic oxidation sites excluding steroid dienone is 1. The second-order valence-corrected chi connectivity index (χ2v) is 5.83. The Kier molecular flexibility index (Phi) is 4.81. The molecule has 0 radical (unpaired) electrons. The van der Waals surface area contributed by atoms with Crippen LogP contribution in [0.2, 0.25) is 0 Å². The van der Waals surface area contributed by atoms with Gasteiger partial charge < -0.3 is 5.32 Å². The van der Waals surface area contributed by atoms with Crippen molar-refractivity contribution in [1.82, 2.24) is 5.32 Å². The third kappa shape index (κ3) is 3.27. The van der Waals surface area contributed by atoms with Gasteiger partial charge in [-0.3, -0.25) is 0 Å². The Morgan fingerprint density at radius 1 is 1.11 bits per heavy atom. The van der Waals surface area contributed by atoms with Gasteiger partial charge in [-0.15, -0.1) is 0 Å². The normalized spacial score (nSPS) is 17.2. The van der Waals surface area contributed by atoms with Gasteiger partial charge in [-0.05, 0) is 69.7 Å². The highest BCUT2D eigenvalue weighted by Crippen LogP contribution is 2.33. The summed E-state index contributed by atoms with van der Waals surface area (Å²) in [7, 11) is 0. The summed E-state index contributed by atoms with van der Waals surface area (Å²) in [5.41, 5.74) is 7.32. The molecule has 1 atom stereocenters. The number of rotatable bonds is 4. The first-order valence-electron chi connectivity index (χ1n) is 7.63. The summed E-state index contributed by atoms with van der Waals surface area (Å²) in [4.78, 5) is 0. The number of benzene rings is 1. The highest BCUT2D eigenvalue weighted by Gasteiger charge is 2.20. The van der Waals surface area contributed by atoms with E-state index < -0.39 is 0 Å². The Morgan fingerprint density at radius 2 is 1.79 bits per heavy atom. The van der Waals surface area contributed by atoms with Crippen LogP contribution in [0.15, 0.2) is 23.8 Å². The van der Waals surface area contributed by atoms with Gasteiger partial charge in [0.15, 0.2) is 0 Å². The van der Waals surface area contributed by atoms with E-state index in [0.717, 1.165) is 6.54 Å². The average molecular weight is 257 g/mol. The first kappa shape index (κ1) is 14.3. The number of hydrogen-bond donors (Lipinski definition) is 1. The first-order chi connectivity index (χ1) is 9.13. The average Bonchev–Trinajstić information content (AvgIpc) is 2.37. The molecule has 0 saturated heterocycles. The molecule has 0 spiro atoms. The number of nitrogens with one attached hydrogen (secondary N) is 1. The Labute approximate surface area is 118 Å². The lowest BCUT2D eigenvalue weighted by Crippen LogP contribution is -2.25. The first-order valence-corrected chi connectivity index (χ1v) is 7.63. The maximum atomic E-state index is 3.70. The van der Waals surface area contributed by atoms with E-state index in [0.29, 0.717) is 6.04 Å². The number of likely N-dealkylation sites (N-methyl/N-ethyl adjacent to an activating group) is 1. The fourth-order valence-electron chi connectivity index (χ4n) is 3.39. The molecule has 1 aliphatic carbocycles. The Bertz CT molecular complexity index is 448. The van der Waals surface area contributed by atoms with Crippen molar-refractivity contribution in [2.45, 2.75) is 59.4 Å². The number of hydrogen-bond acceptors (Lipinski definition) is 1. The summed E-state index contributed by atoms with van der Waals surface area (Å²) in [5.74, 6) is 0. The van der Waals surface area contributed by atoms with Gasteiger partial charge in [0.05, 0.1) is 6.04 Å². The van der Waals surface area contributed by atoms with Crippen LogP contribution in [0.25, 0.3) is 0 Å². The molecule has 1 nitrogen and oxygen atoms in total. The van der Waals surface area contributed by atoms with Crippen molar-refractivity contribution in [3.63, 3.8) is 0 Å². The smallest absolute Gasteiger partial charge is 0.0541 e. The van der Waals surface area contributed by atoms with Crippen LogP contribution in [0.5, 0.6) is 0 Å². The topological polar surface area (TPSA) is 12.0 Å². The van der Waals surface area contributed by atoms with Crippen molar-refractivity contribution in [3.8, 4) is 0 Å². The third-order valence-electron chi connectivity index (χ3n) is 4.13. The highest BCUT2D eigenvalue weighted by atomic mass is 14.9. The van der Waals surface area contributed by atoms with E-state index in [9.17, 15) is 0 Å². The van der Waals surface area contributed by atoms with Crippen molar-refractivity contribution in [2.24, 2.45) is 0 Å². The van der Waals surface area contributed by atoms with Crippen LogP contribution in [0.4, 0.5) is 0 Å². The predicted molar refractivity (Wildman–Crippen MR) is 83.6 cm³/mol. The molecular weight excluding hydrogens is 230 g/mol. The SMILES string of the molecule is CCNC(C1=CCCCC1)c1c(C)cc(C)cc1C. The molecule has 1 aromatic carbocycles. The van der Waals surface area contributed by atoms with E-state index in [1.54, 1.807) is 5.57 Å². The van der Waals surface area contributed by atoms with E-state index in [2.05, 4.69) is 51.2 Å². The summed E-state index contributed by atoms with van der Waals surface area (Å²) in [6.07, 6.45) is 7.67. The summed E-state index contributed by atoms with van der Waals surface area (Å²) in [6.45, 7) is 9.92. The van der Waals surface area contributed by atoms with Gasteiger partial charge >= 0.3 is 0 Å². The largest absolute Gasteiger partial charge is 0.307 e. The minimum atomic E-state index is 0.422.